The van der Waals surface area contributed by atoms with E-state index < -0.39 is 10.2 Å². The van der Waals surface area contributed by atoms with Crippen molar-refractivity contribution in [2.75, 3.05) is 33.8 Å². The maximum absolute atomic E-state index is 12.4. The lowest BCUT2D eigenvalue weighted by molar-refractivity contribution is 0.132. The van der Waals surface area contributed by atoms with Gasteiger partial charge in [0.15, 0.2) is 0 Å². The molecule has 1 aromatic rings. The van der Waals surface area contributed by atoms with E-state index in [2.05, 4.69) is 9.97 Å². The summed E-state index contributed by atoms with van der Waals surface area (Å²) in [6.07, 6.45) is 3.55. The Bertz CT molecular complexity index is 634. The monoisotopic (exact) mass is 342 g/mol. The van der Waals surface area contributed by atoms with Crippen molar-refractivity contribution in [3.05, 3.63) is 23.3 Å². The predicted molar refractivity (Wildman–Crippen MR) is 88.3 cm³/mol. The van der Waals surface area contributed by atoms with Crippen molar-refractivity contribution in [2.24, 2.45) is 0 Å². The van der Waals surface area contributed by atoms with E-state index in [9.17, 15) is 8.42 Å². The Morgan fingerprint density at radius 2 is 2.17 bits per heavy atom. The van der Waals surface area contributed by atoms with Crippen molar-refractivity contribution < 1.29 is 13.2 Å². The third kappa shape index (κ3) is 4.26. The van der Waals surface area contributed by atoms with E-state index in [4.69, 9.17) is 4.74 Å². The third-order valence-corrected chi connectivity index (χ3v) is 5.95. The van der Waals surface area contributed by atoms with Gasteiger partial charge < -0.3 is 4.74 Å². The topological polar surface area (TPSA) is 75.6 Å². The van der Waals surface area contributed by atoms with Crippen LogP contribution >= 0.6 is 0 Å². The molecule has 0 bridgehead atoms. The summed E-state index contributed by atoms with van der Waals surface area (Å²) in [5.41, 5.74) is 1.87. The van der Waals surface area contributed by atoms with E-state index in [-0.39, 0.29) is 5.92 Å². The minimum absolute atomic E-state index is 0.0793. The fourth-order valence-electron chi connectivity index (χ4n) is 2.80. The normalized spacial score (nSPS) is 20.1. The number of nitrogens with zero attached hydrogens (tertiary/aromatic N) is 4. The van der Waals surface area contributed by atoms with E-state index in [1.807, 2.05) is 13.8 Å². The Hall–Kier alpha value is -1.09. The molecule has 0 saturated carbocycles. The van der Waals surface area contributed by atoms with Crippen molar-refractivity contribution in [2.45, 2.75) is 39.2 Å². The van der Waals surface area contributed by atoms with Crippen molar-refractivity contribution in [3.63, 3.8) is 0 Å². The zero-order chi connectivity index (χ0) is 17.0. The van der Waals surface area contributed by atoms with Crippen LogP contribution in [-0.4, -0.2) is 60.8 Å². The van der Waals surface area contributed by atoms with Gasteiger partial charge in [-0.05, 0) is 26.7 Å². The first-order valence-corrected chi connectivity index (χ1v) is 9.33. The summed E-state index contributed by atoms with van der Waals surface area (Å²) >= 11 is 0. The van der Waals surface area contributed by atoms with E-state index in [1.165, 1.54) is 4.31 Å². The molecule has 23 heavy (non-hydrogen) atoms. The van der Waals surface area contributed by atoms with Crippen LogP contribution in [-0.2, 0) is 21.6 Å². The van der Waals surface area contributed by atoms with Crippen LogP contribution in [0.4, 0.5) is 0 Å². The van der Waals surface area contributed by atoms with Crippen LogP contribution in [0.2, 0.25) is 0 Å². The van der Waals surface area contributed by atoms with E-state index in [0.717, 1.165) is 24.1 Å². The van der Waals surface area contributed by atoms with Crippen LogP contribution in [0, 0.1) is 6.92 Å². The summed E-state index contributed by atoms with van der Waals surface area (Å²) in [6, 6.07) is 0. The molecule has 2 heterocycles. The Balaban J connectivity index is 2.26. The van der Waals surface area contributed by atoms with Crippen molar-refractivity contribution in [1.29, 1.82) is 0 Å². The molecule has 0 spiro atoms. The zero-order valence-electron chi connectivity index (χ0n) is 14.3. The molecule has 0 aliphatic carbocycles. The molecule has 1 unspecified atom stereocenters. The minimum atomic E-state index is -3.39. The maximum atomic E-state index is 12.4. The SMILES string of the molecule is CCOCc1cnc(C)nc1C1CCCN(S(=O)(=O)N(C)C)C1. The second-order valence-electron chi connectivity index (χ2n) is 5.95. The quantitative estimate of drug-likeness (QED) is 0.779. The third-order valence-electron chi connectivity index (χ3n) is 4.04. The molecule has 1 fully saturated rings. The van der Waals surface area contributed by atoms with Crippen molar-refractivity contribution in [3.8, 4) is 0 Å². The average molecular weight is 342 g/mol. The molecule has 0 N–H and O–H groups in total. The summed E-state index contributed by atoms with van der Waals surface area (Å²) < 4.78 is 33.1. The molecule has 130 valence electrons. The van der Waals surface area contributed by atoms with E-state index in [1.54, 1.807) is 24.6 Å². The van der Waals surface area contributed by atoms with E-state index in [0.29, 0.717) is 32.1 Å². The molecule has 2 rings (SSSR count). The highest BCUT2D eigenvalue weighted by Gasteiger charge is 2.32. The van der Waals surface area contributed by atoms with Crippen LogP contribution in [0.25, 0.3) is 0 Å². The molecule has 8 heteroatoms. The smallest absolute Gasteiger partial charge is 0.281 e. The summed E-state index contributed by atoms with van der Waals surface area (Å²) in [7, 11) is -0.261. The first-order chi connectivity index (χ1) is 10.9. The van der Waals surface area contributed by atoms with Gasteiger partial charge in [-0.25, -0.2) is 9.97 Å². The van der Waals surface area contributed by atoms with Crippen LogP contribution < -0.4 is 0 Å². The van der Waals surface area contributed by atoms with Gasteiger partial charge in [0.25, 0.3) is 10.2 Å². The van der Waals surface area contributed by atoms with Gasteiger partial charge in [-0.1, -0.05) is 0 Å². The molecular weight excluding hydrogens is 316 g/mol. The molecule has 1 saturated heterocycles. The lowest BCUT2D eigenvalue weighted by Crippen LogP contribution is -2.45. The van der Waals surface area contributed by atoms with Crippen molar-refractivity contribution in [1.82, 2.24) is 18.6 Å². The Morgan fingerprint density at radius 1 is 1.43 bits per heavy atom. The first kappa shape index (κ1) is 18.3. The van der Waals surface area contributed by atoms with Gasteiger partial charge >= 0.3 is 0 Å². The molecular formula is C15H26N4O3S. The Kier molecular flexibility index (Phi) is 6.07. The average Bonchev–Trinajstić information content (AvgIpc) is 2.53. The van der Waals surface area contributed by atoms with Gasteiger partial charge in [0.1, 0.15) is 5.82 Å². The standard InChI is InChI=1S/C15H26N4O3S/c1-5-22-11-14-9-16-12(2)17-15(14)13-7-6-8-19(10-13)23(20,21)18(3)4/h9,13H,5-8,10-11H2,1-4H3. The predicted octanol–water partition coefficient (Wildman–Crippen LogP) is 1.31. The van der Waals surface area contributed by atoms with Crippen LogP contribution in [0.5, 0.6) is 0 Å². The molecule has 7 nitrogen and oxygen atoms in total. The van der Waals surface area contributed by atoms with Crippen LogP contribution in [0.3, 0.4) is 0 Å². The summed E-state index contributed by atoms with van der Waals surface area (Å²) in [4.78, 5) is 8.84. The summed E-state index contributed by atoms with van der Waals surface area (Å²) in [5.74, 6) is 0.781. The largest absolute Gasteiger partial charge is 0.377 e. The molecule has 1 aliphatic rings. The lowest BCUT2D eigenvalue weighted by atomic mass is 9.93. The van der Waals surface area contributed by atoms with Gasteiger partial charge in [-0.15, -0.1) is 0 Å². The summed E-state index contributed by atoms with van der Waals surface area (Å²) in [6.45, 7) is 5.89. The highest BCUT2D eigenvalue weighted by Crippen LogP contribution is 2.29. The number of hydrogen-bond acceptors (Lipinski definition) is 5. The minimum Gasteiger partial charge on any atom is -0.377 e. The van der Waals surface area contributed by atoms with Crippen LogP contribution in [0.15, 0.2) is 6.20 Å². The van der Waals surface area contributed by atoms with Gasteiger partial charge in [-0.2, -0.15) is 17.0 Å². The number of aryl methyl sites for hydroxylation is 1. The summed E-state index contributed by atoms with van der Waals surface area (Å²) in [5, 5.41) is 0. The molecule has 0 aromatic carbocycles. The van der Waals surface area contributed by atoms with E-state index >= 15 is 0 Å². The second-order valence-corrected chi connectivity index (χ2v) is 8.09. The molecule has 1 aromatic heterocycles. The molecule has 0 radical (unpaired) electrons. The number of hydrogen-bond donors (Lipinski definition) is 0. The molecule has 1 aliphatic heterocycles. The van der Waals surface area contributed by atoms with Gasteiger partial charge in [0.2, 0.25) is 0 Å². The number of rotatable bonds is 6. The zero-order valence-corrected chi connectivity index (χ0v) is 15.1. The fourth-order valence-corrected chi connectivity index (χ4v) is 3.99. The maximum Gasteiger partial charge on any atom is 0.281 e. The lowest BCUT2D eigenvalue weighted by Gasteiger charge is -2.33. The Labute approximate surface area is 138 Å². The highest BCUT2D eigenvalue weighted by molar-refractivity contribution is 7.86. The van der Waals surface area contributed by atoms with Gasteiger partial charge in [-0.3, -0.25) is 0 Å². The first-order valence-electron chi connectivity index (χ1n) is 7.94. The fraction of sp³-hybridized carbons (Fsp3) is 0.733. The van der Waals surface area contributed by atoms with Crippen molar-refractivity contribution >= 4 is 10.2 Å². The van der Waals surface area contributed by atoms with Gasteiger partial charge in [0.05, 0.1) is 12.3 Å². The Morgan fingerprint density at radius 3 is 2.83 bits per heavy atom. The number of aromatic nitrogens is 2. The second kappa shape index (κ2) is 7.65. The van der Waals surface area contributed by atoms with Gasteiger partial charge in [0, 0.05) is 51.5 Å². The molecule has 1 atom stereocenters. The number of ether oxygens (including phenoxy) is 1. The van der Waals surface area contributed by atoms with Crippen LogP contribution in [0.1, 0.15) is 42.8 Å². The highest BCUT2D eigenvalue weighted by atomic mass is 32.2. The number of piperidine rings is 1. The molecule has 0 amide bonds.